The topological polar surface area (TPSA) is 108 Å². The van der Waals surface area contributed by atoms with Gasteiger partial charge in [-0.1, -0.05) is 110 Å². The molecule has 9 nitrogen and oxygen atoms in total. The number of nitrogens with zero attached hydrogens (tertiary/aromatic N) is 4. The van der Waals surface area contributed by atoms with Crippen LogP contribution in [-0.2, 0) is 0 Å². The van der Waals surface area contributed by atoms with Crippen molar-refractivity contribution in [2.24, 2.45) is 5.73 Å². The number of benzene rings is 2. The highest BCUT2D eigenvalue weighted by atomic mass is 16.5. The van der Waals surface area contributed by atoms with E-state index in [0.29, 0.717) is 6.61 Å². The van der Waals surface area contributed by atoms with E-state index in [4.69, 9.17) is 25.2 Å². The number of fused-ring (bicyclic) bond motifs is 8. The molecule has 0 aliphatic carbocycles. The second-order valence-corrected chi connectivity index (χ2v) is 18.5. The first-order valence-corrected chi connectivity index (χ1v) is 25.6. The van der Waals surface area contributed by atoms with Crippen LogP contribution in [0.25, 0.3) is 68.6 Å². The highest BCUT2D eigenvalue weighted by Crippen LogP contribution is 2.35. The Hall–Kier alpha value is -5.48. The third-order valence-corrected chi connectivity index (χ3v) is 13.7. The van der Waals surface area contributed by atoms with Gasteiger partial charge in [0, 0.05) is 38.7 Å². The summed E-state index contributed by atoms with van der Waals surface area (Å²) in [6.07, 6.45) is 22.7. The molecule has 0 amide bonds. The summed E-state index contributed by atoms with van der Waals surface area (Å²) in [5.74, 6) is 1.70. The molecule has 2 aliphatic heterocycles. The third kappa shape index (κ3) is 14.0. The molecule has 5 aromatic rings. The predicted molar refractivity (Wildman–Crippen MR) is 284 cm³/mol. The van der Waals surface area contributed by atoms with Gasteiger partial charge in [0.25, 0.3) is 0 Å². The van der Waals surface area contributed by atoms with Gasteiger partial charge in [-0.05, 0) is 161 Å². The number of nitrogens with two attached hydrogens (primary N) is 1. The van der Waals surface area contributed by atoms with Crippen molar-refractivity contribution < 1.29 is 9.47 Å². The molecule has 2 aliphatic rings. The molecule has 3 aromatic heterocycles. The van der Waals surface area contributed by atoms with Gasteiger partial charge in [-0.2, -0.15) is 0 Å². The van der Waals surface area contributed by atoms with Crippen molar-refractivity contribution >= 4 is 46.4 Å². The SMILES string of the molecule is CCCCCCCCCCCOc1cccc(-c2c3nc(cc4ccc([nH]4)c(-c4cccc(OCCC(N)(CCN(CC)CC)CCN(CC)CC)c4)c4nc(cc5ccc2[nH]5)C=C4)C=C3)c1. The molecule has 9 heteroatoms. The van der Waals surface area contributed by atoms with Crippen molar-refractivity contribution in [3.8, 4) is 33.8 Å². The van der Waals surface area contributed by atoms with Crippen LogP contribution in [0.5, 0.6) is 11.5 Å². The van der Waals surface area contributed by atoms with Gasteiger partial charge in [0.1, 0.15) is 11.5 Å². The summed E-state index contributed by atoms with van der Waals surface area (Å²) in [7, 11) is 0. The number of unbranched alkanes of at least 4 members (excludes halogenated alkanes) is 8. The number of H-pyrrole nitrogens is 2. The number of ether oxygens (including phenoxy) is 2. The molecule has 356 valence electrons. The molecular weight excluding hydrogens is 827 g/mol. The lowest BCUT2D eigenvalue weighted by Gasteiger charge is -2.34. The van der Waals surface area contributed by atoms with Crippen LogP contribution in [0.1, 0.15) is 134 Å². The number of nitrogens with one attached hydrogen (secondary N) is 2. The molecule has 8 bridgehead atoms. The number of hydrogen-bond acceptors (Lipinski definition) is 7. The van der Waals surface area contributed by atoms with Gasteiger partial charge >= 0.3 is 0 Å². The summed E-state index contributed by atoms with van der Waals surface area (Å²) < 4.78 is 12.9. The summed E-state index contributed by atoms with van der Waals surface area (Å²) in [6, 6.07) is 29.6. The van der Waals surface area contributed by atoms with Gasteiger partial charge < -0.3 is 35.0 Å². The minimum absolute atomic E-state index is 0.313. The van der Waals surface area contributed by atoms with Crippen LogP contribution in [0.3, 0.4) is 0 Å². The first kappa shape index (κ1) is 49.4. The second kappa shape index (κ2) is 25.0. The van der Waals surface area contributed by atoms with Gasteiger partial charge in [0.2, 0.25) is 0 Å². The molecular formula is C58H77N7O2. The van der Waals surface area contributed by atoms with Gasteiger partial charge in [0.15, 0.2) is 0 Å². The predicted octanol–water partition coefficient (Wildman–Crippen LogP) is 13.8. The fourth-order valence-electron chi connectivity index (χ4n) is 9.35. The van der Waals surface area contributed by atoms with Gasteiger partial charge in [-0.25, -0.2) is 9.97 Å². The lowest BCUT2D eigenvalue weighted by Crippen LogP contribution is -2.47. The molecule has 7 rings (SSSR count). The fourth-order valence-corrected chi connectivity index (χ4v) is 9.35. The van der Waals surface area contributed by atoms with Crippen LogP contribution in [0.4, 0.5) is 0 Å². The molecule has 2 aromatic carbocycles. The Morgan fingerprint density at radius 2 is 0.970 bits per heavy atom. The fraction of sp³-hybridized carbons (Fsp3) is 0.448. The van der Waals surface area contributed by atoms with E-state index < -0.39 is 0 Å². The molecule has 5 heterocycles. The largest absolute Gasteiger partial charge is 0.494 e. The van der Waals surface area contributed by atoms with E-state index in [2.05, 4.69) is 158 Å². The third-order valence-electron chi connectivity index (χ3n) is 13.7. The Morgan fingerprint density at radius 1 is 0.507 bits per heavy atom. The van der Waals surface area contributed by atoms with E-state index in [1.54, 1.807) is 0 Å². The van der Waals surface area contributed by atoms with Crippen LogP contribution in [0, 0.1) is 0 Å². The molecule has 67 heavy (non-hydrogen) atoms. The monoisotopic (exact) mass is 904 g/mol. The molecule has 4 N–H and O–H groups in total. The smallest absolute Gasteiger partial charge is 0.119 e. The maximum absolute atomic E-state index is 7.23. The Morgan fingerprint density at radius 3 is 1.45 bits per heavy atom. The minimum Gasteiger partial charge on any atom is -0.494 e. The number of aromatic nitrogens is 4. The van der Waals surface area contributed by atoms with Crippen LogP contribution < -0.4 is 15.2 Å². The first-order valence-electron chi connectivity index (χ1n) is 25.6. The summed E-state index contributed by atoms with van der Waals surface area (Å²) in [5, 5.41) is 0. The number of aromatic amines is 2. The second-order valence-electron chi connectivity index (χ2n) is 18.5. The van der Waals surface area contributed by atoms with Crippen LogP contribution >= 0.6 is 0 Å². The zero-order valence-electron chi connectivity index (χ0n) is 41.2. The summed E-state index contributed by atoms with van der Waals surface area (Å²) in [4.78, 5) is 22.7. The average Bonchev–Trinajstić information content (AvgIpc) is 4.19. The Balaban J connectivity index is 1.14. The van der Waals surface area contributed by atoms with E-state index in [9.17, 15) is 0 Å². The van der Waals surface area contributed by atoms with Crippen LogP contribution in [-0.4, -0.2) is 87.8 Å². The molecule has 0 unspecified atom stereocenters. The Labute approximate surface area is 400 Å². The maximum Gasteiger partial charge on any atom is 0.119 e. The molecule has 0 atom stereocenters. The Bertz CT molecular complexity index is 2550. The van der Waals surface area contributed by atoms with Crippen LogP contribution in [0.2, 0.25) is 0 Å². The average molecular weight is 904 g/mol. The normalized spacial score (nSPS) is 12.5. The van der Waals surface area contributed by atoms with E-state index in [-0.39, 0.29) is 5.54 Å². The van der Waals surface area contributed by atoms with Crippen molar-refractivity contribution in [3.05, 3.63) is 108 Å². The van der Waals surface area contributed by atoms with E-state index in [0.717, 1.165) is 150 Å². The molecule has 0 fully saturated rings. The van der Waals surface area contributed by atoms with E-state index in [1.165, 1.54) is 51.4 Å². The Kier molecular flexibility index (Phi) is 18.5. The van der Waals surface area contributed by atoms with Crippen molar-refractivity contribution in [3.63, 3.8) is 0 Å². The highest BCUT2D eigenvalue weighted by molar-refractivity contribution is 5.93. The number of rotatable bonds is 27. The summed E-state index contributed by atoms with van der Waals surface area (Å²) in [5.41, 5.74) is 18.4. The minimum atomic E-state index is -0.313. The van der Waals surface area contributed by atoms with Crippen molar-refractivity contribution in [2.45, 2.75) is 117 Å². The van der Waals surface area contributed by atoms with Crippen molar-refractivity contribution in [1.82, 2.24) is 29.7 Å². The standard InChI is InChI=1S/C58H77N7O2/c1-6-11-12-13-14-15-16-17-18-38-66-50-23-19-21-44(40-50)56-52-29-25-46(60-52)42-48-27-31-54(62-48)57(55-32-28-49(63-55)43-47-26-30-53(56)61-47)45-22-20-24-51(41-45)67-39-35-58(59,33-36-64(7-2)8-3)34-37-65(9-4)10-5/h19-32,40-43,60,63H,6-18,33-39,59H2,1-5H3. The number of hydrogen-bond donors (Lipinski definition) is 3. The zero-order valence-corrected chi connectivity index (χ0v) is 41.2. The molecule has 0 saturated heterocycles. The summed E-state index contributed by atoms with van der Waals surface area (Å²) in [6.45, 7) is 18.6. The maximum atomic E-state index is 7.23. The van der Waals surface area contributed by atoms with Crippen molar-refractivity contribution in [1.29, 1.82) is 0 Å². The quantitative estimate of drug-likeness (QED) is 0.0441. The molecule has 0 radical (unpaired) electrons. The van der Waals surface area contributed by atoms with E-state index in [1.807, 2.05) is 6.07 Å². The highest BCUT2D eigenvalue weighted by Gasteiger charge is 2.26. The molecule has 0 saturated carbocycles. The van der Waals surface area contributed by atoms with Gasteiger partial charge in [0.05, 0.1) is 36.0 Å². The lowest BCUT2D eigenvalue weighted by atomic mass is 9.88. The van der Waals surface area contributed by atoms with Gasteiger partial charge in [-0.3, -0.25) is 0 Å². The lowest BCUT2D eigenvalue weighted by molar-refractivity contribution is 0.186. The first-order chi connectivity index (χ1) is 32.8. The van der Waals surface area contributed by atoms with Crippen LogP contribution in [0.15, 0.2) is 84.9 Å². The van der Waals surface area contributed by atoms with E-state index >= 15 is 0 Å². The van der Waals surface area contributed by atoms with Crippen molar-refractivity contribution in [2.75, 3.05) is 52.5 Å². The van der Waals surface area contributed by atoms with Gasteiger partial charge in [-0.15, -0.1) is 0 Å². The summed E-state index contributed by atoms with van der Waals surface area (Å²) >= 11 is 0. The zero-order chi connectivity index (χ0) is 46.9. The molecule has 0 spiro atoms.